The predicted octanol–water partition coefficient (Wildman–Crippen LogP) is 2.37. The Balaban J connectivity index is 1.23. The highest BCUT2D eigenvalue weighted by molar-refractivity contribution is 5.87. The molecule has 2 amide bonds. The van der Waals surface area contributed by atoms with E-state index in [0.717, 1.165) is 11.1 Å². The average molecular weight is 418 g/mol. The molecule has 7 nitrogen and oxygen atoms in total. The standard InChI is InChI=1S/C24H22N2O5/c27-22(28)10-5-11-25-23(29)20-12-15(20)13-26-24(30)31-14-21-18-8-3-1-6-16(18)17-7-2-4-9-19(17)21/h1-4,6-9,15,20-21H,11-14H2,(H,25,29)(H,26,30)(H,27,28)/t15-,20-/m1/s1. The van der Waals surface area contributed by atoms with Crippen LogP contribution in [0.3, 0.4) is 0 Å². The number of ether oxygens (including phenoxy) is 1. The highest BCUT2D eigenvalue weighted by Crippen LogP contribution is 2.44. The number of hydrogen-bond acceptors (Lipinski definition) is 4. The number of nitrogens with one attached hydrogen (secondary N) is 2. The van der Waals surface area contributed by atoms with Crippen LogP contribution in [-0.2, 0) is 14.3 Å². The Bertz CT molecular complexity index is 1040. The fourth-order valence-electron chi connectivity index (χ4n) is 4.04. The third kappa shape index (κ3) is 4.69. The van der Waals surface area contributed by atoms with E-state index in [-0.39, 0.29) is 36.8 Å². The average Bonchev–Trinajstić information content (AvgIpc) is 3.49. The molecule has 0 aliphatic heterocycles. The predicted molar refractivity (Wildman–Crippen MR) is 113 cm³/mol. The van der Waals surface area contributed by atoms with Crippen LogP contribution in [0.25, 0.3) is 11.1 Å². The molecule has 7 heteroatoms. The molecule has 2 aromatic rings. The second-order valence-electron chi connectivity index (χ2n) is 7.63. The normalized spacial score (nSPS) is 18.1. The molecular formula is C24H22N2O5. The summed E-state index contributed by atoms with van der Waals surface area (Å²) in [5, 5.41) is 13.8. The highest BCUT2D eigenvalue weighted by atomic mass is 16.5. The van der Waals surface area contributed by atoms with E-state index < -0.39 is 12.1 Å². The van der Waals surface area contributed by atoms with Gasteiger partial charge in [-0.15, -0.1) is 0 Å². The highest BCUT2D eigenvalue weighted by Gasteiger charge is 2.42. The fraction of sp³-hybridized carbons (Fsp3) is 0.292. The van der Waals surface area contributed by atoms with Gasteiger partial charge in [0.2, 0.25) is 5.91 Å². The molecule has 0 radical (unpaired) electrons. The van der Waals surface area contributed by atoms with E-state index in [1.165, 1.54) is 11.1 Å². The second kappa shape index (κ2) is 8.92. The maximum atomic E-state index is 12.2. The summed E-state index contributed by atoms with van der Waals surface area (Å²) in [4.78, 5) is 34.5. The molecule has 1 fully saturated rings. The first-order valence-corrected chi connectivity index (χ1v) is 10.1. The first kappa shape index (κ1) is 20.5. The Morgan fingerprint density at radius 2 is 1.65 bits per heavy atom. The number of carboxylic acids is 1. The number of hydrogen-bond donors (Lipinski definition) is 3. The van der Waals surface area contributed by atoms with Gasteiger partial charge in [0.15, 0.2) is 0 Å². The van der Waals surface area contributed by atoms with Gasteiger partial charge in [-0.1, -0.05) is 54.5 Å². The Labute approximate surface area is 179 Å². The molecule has 4 rings (SSSR count). The van der Waals surface area contributed by atoms with Gasteiger partial charge in [0, 0.05) is 24.3 Å². The zero-order valence-corrected chi connectivity index (χ0v) is 16.8. The van der Waals surface area contributed by atoms with Crippen LogP contribution in [0.1, 0.15) is 23.5 Å². The summed E-state index contributed by atoms with van der Waals surface area (Å²) in [6.07, 6.45) is 0.169. The van der Waals surface area contributed by atoms with Crippen molar-refractivity contribution in [1.29, 1.82) is 0 Å². The van der Waals surface area contributed by atoms with E-state index in [0.29, 0.717) is 13.0 Å². The summed E-state index contributed by atoms with van der Waals surface area (Å²) in [7, 11) is 0. The quantitative estimate of drug-likeness (QED) is 0.625. The minimum absolute atomic E-state index is 0.00418. The number of fused-ring (bicyclic) bond motifs is 3. The van der Waals surface area contributed by atoms with Crippen molar-refractivity contribution in [1.82, 2.24) is 10.6 Å². The largest absolute Gasteiger partial charge is 0.472 e. The van der Waals surface area contributed by atoms with Crippen LogP contribution < -0.4 is 10.6 Å². The van der Waals surface area contributed by atoms with Gasteiger partial charge < -0.3 is 20.5 Å². The first-order chi connectivity index (χ1) is 15.0. The molecule has 0 bridgehead atoms. The minimum atomic E-state index is -1.23. The lowest BCUT2D eigenvalue weighted by atomic mass is 9.98. The van der Waals surface area contributed by atoms with Crippen molar-refractivity contribution in [2.45, 2.75) is 12.3 Å². The van der Waals surface area contributed by atoms with E-state index in [2.05, 4.69) is 40.8 Å². The number of aliphatic carboxylic acids is 1. The fourth-order valence-corrected chi connectivity index (χ4v) is 4.04. The number of carbonyl (C=O) groups excluding carboxylic acids is 2. The lowest BCUT2D eigenvalue weighted by molar-refractivity contribution is -0.130. The topological polar surface area (TPSA) is 105 Å². The van der Waals surface area contributed by atoms with Crippen molar-refractivity contribution < 1.29 is 24.2 Å². The second-order valence-corrected chi connectivity index (χ2v) is 7.63. The van der Waals surface area contributed by atoms with Crippen molar-refractivity contribution in [2.75, 3.05) is 19.7 Å². The van der Waals surface area contributed by atoms with Crippen LogP contribution in [-0.4, -0.2) is 42.8 Å². The van der Waals surface area contributed by atoms with Gasteiger partial charge in [0.1, 0.15) is 6.61 Å². The Morgan fingerprint density at radius 1 is 1.00 bits per heavy atom. The zero-order chi connectivity index (χ0) is 21.8. The van der Waals surface area contributed by atoms with Gasteiger partial charge in [0.25, 0.3) is 0 Å². The summed E-state index contributed by atoms with van der Waals surface area (Å²) >= 11 is 0. The molecule has 3 N–H and O–H groups in total. The van der Waals surface area contributed by atoms with Crippen molar-refractivity contribution in [2.24, 2.45) is 11.8 Å². The van der Waals surface area contributed by atoms with Gasteiger partial charge in [0.05, 0.1) is 6.54 Å². The number of amides is 2. The summed E-state index contributed by atoms with van der Waals surface area (Å²) < 4.78 is 5.49. The van der Waals surface area contributed by atoms with Crippen molar-refractivity contribution >= 4 is 18.0 Å². The van der Waals surface area contributed by atoms with E-state index >= 15 is 0 Å². The molecule has 2 aromatic carbocycles. The van der Waals surface area contributed by atoms with Crippen molar-refractivity contribution in [3.8, 4) is 23.0 Å². The van der Waals surface area contributed by atoms with Crippen LogP contribution in [0.5, 0.6) is 0 Å². The van der Waals surface area contributed by atoms with E-state index in [1.807, 2.05) is 30.2 Å². The maximum Gasteiger partial charge on any atom is 0.407 e. The van der Waals surface area contributed by atoms with Crippen LogP contribution in [0.2, 0.25) is 0 Å². The molecule has 2 aliphatic carbocycles. The molecule has 31 heavy (non-hydrogen) atoms. The molecule has 2 atom stereocenters. The van der Waals surface area contributed by atoms with Gasteiger partial charge in [-0.05, 0) is 34.6 Å². The van der Waals surface area contributed by atoms with Crippen molar-refractivity contribution in [3.63, 3.8) is 0 Å². The molecule has 158 valence electrons. The van der Waals surface area contributed by atoms with E-state index in [9.17, 15) is 14.4 Å². The van der Waals surface area contributed by atoms with Crippen LogP contribution >= 0.6 is 0 Å². The molecule has 0 saturated heterocycles. The van der Waals surface area contributed by atoms with Crippen LogP contribution in [0.15, 0.2) is 48.5 Å². The molecule has 0 aromatic heterocycles. The summed E-state index contributed by atoms with van der Waals surface area (Å²) in [5.41, 5.74) is 4.65. The maximum absolute atomic E-state index is 12.2. The summed E-state index contributed by atoms with van der Waals surface area (Å²) in [6, 6.07) is 16.3. The number of carboxylic acid groups (broad SMARTS) is 1. The van der Waals surface area contributed by atoms with E-state index in [4.69, 9.17) is 9.84 Å². The zero-order valence-electron chi connectivity index (χ0n) is 16.8. The number of carbonyl (C=O) groups is 3. The monoisotopic (exact) mass is 418 g/mol. The van der Waals surface area contributed by atoms with E-state index in [1.54, 1.807) is 0 Å². The Morgan fingerprint density at radius 3 is 2.29 bits per heavy atom. The third-order valence-corrected chi connectivity index (χ3v) is 5.66. The molecule has 0 heterocycles. The number of benzene rings is 2. The molecule has 2 aliphatic rings. The van der Waals surface area contributed by atoms with Gasteiger partial charge in [-0.25, -0.2) is 9.59 Å². The van der Waals surface area contributed by atoms with Gasteiger partial charge >= 0.3 is 12.1 Å². The van der Waals surface area contributed by atoms with Crippen LogP contribution in [0, 0.1) is 23.7 Å². The Kier molecular flexibility index (Phi) is 5.89. The van der Waals surface area contributed by atoms with Gasteiger partial charge in [-0.3, -0.25) is 4.79 Å². The summed E-state index contributed by atoms with van der Waals surface area (Å²) in [5.74, 6) is 2.74. The Hall–Kier alpha value is -3.79. The number of rotatable bonds is 6. The molecule has 1 saturated carbocycles. The van der Waals surface area contributed by atoms with Crippen molar-refractivity contribution in [3.05, 3.63) is 59.7 Å². The SMILES string of the molecule is O=C(O)C#CCNC(=O)[C@@H]1C[C@@H]1CNC(=O)OCC1c2ccccc2-c2ccccc21. The smallest absolute Gasteiger partial charge is 0.407 e. The third-order valence-electron chi connectivity index (χ3n) is 5.66. The summed E-state index contributed by atoms with van der Waals surface area (Å²) in [6.45, 7) is 0.598. The number of alkyl carbamates (subject to hydrolysis) is 1. The molecular weight excluding hydrogens is 396 g/mol. The molecule has 0 spiro atoms. The van der Waals surface area contributed by atoms with Gasteiger partial charge in [-0.2, -0.15) is 0 Å². The minimum Gasteiger partial charge on any atom is -0.472 e. The lowest BCUT2D eigenvalue weighted by Gasteiger charge is -2.14. The molecule has 0 unspecified atom stereocenters. The lowest BCUT2D eigenvalue weighted by Crippen LogP contribution is -2.30. The first-order valence-electron chi connectivity index (χ1n) is 10.1. The van der Waals surface area contributed by atoms with Crippen LogP contribution in [0.4, 0.5) is 4.79 Å².